The lowest BCUT2D eigenvalue weighted by molar-refractivity contribution is -0.386. The summed E-state index contributed by atoms with van der Waals surface area (Å²) in [7, 11) is 1.66. The van der Waals surface area contributed by atoms with E-state index in [2.05, 4.69) is 10.4 Å². The van der Waals surface area contributed by atoms with Gasteiger partial charge >= 0.3 is 5.69 Å². The van der Waals surface area contributed by atoms with Gasteiger partial charge in [0.05, 0.1) is 17.1 Å². The fourth-order valence-electron chi connectivity index (χ4n) is 3.23. The van der Waals surface area contributed by atoms with Gasteiger partial charge in [-0.25, -0.2) is 4.68 Å². The van der Waals surface area contributed by atoms with Crippen molar-refractivity contribution in [1.82, 2.24) is 15.1 Å². The third-order valence-corrected chi connectivity index (χ3v) is 4.29. The Bertz CT molecular complexity index is 551. The molecule has 0 saturated carbocycles. The molecule has 0 aromatic carbocycles. The molecule has 2 fully saturated rings. The predicted octanol–water partition coefficient (Wildman–Crippen LogP) is 0.927. The summed E-state index contributed by atoms with van der Waals surface area (Å²) >= 11 is 0. The van der Waals surface area contributed by atoms with E-state index in [1.807, 2.05) is 0 Å². The van der Waals surface area contributed by atoms with Gasteiger partial charge in [-0.1, -0.05) is 0 Å². The van der Waals surface area contributed by atoms with Gasteiger partial charge in [0.25, 0.3) is 5.88 Å². The second-order valence-corrected chi connectivity index (χ2v) is 5.81. The average molecular weight is 296 g/mol. The Balaban J connectivity index is 1.75. The second kappa shape index (κ2) is 5.27. The van der Waals surface area contributed by atoms with E-state index in [-0.39, 0.29) is 23.3 Å². The lowest BCUT2D eigenvalue weighted by atomic mass is 9.89. The molecule has 8 nitrogen and oxygen atoms in total. The Morgan fingerprint density at radius 3 is 2.90 bits per heavy atom. The summed E-state index contributed by atoms with van der Waals surface area (Å²) in [5, 5.41) is 18.5. The van der Waals surface area contributed by atoms with Gasteiger partial charge in [-0.15, -0.1) is 0 Å². The van der Waals surface area contributed by atoms with Crippen molar-refractivity contribution in [2.24, 2.45) is 7.05 Å². The van der Waals surface area contributed by atoms with Crippen molar-refractivity contribution in [2.45, 2.75) is 37.9 Å². The molecule has 1 unspecified atom stereocenters. The van der Waals surface area contributed by atoms with Gasteiger partial charge in [0, 0.05) is 13.5 Å². The maximum Gasteiger partial charge on any atom is 0.353 e. The van der Waals surface area contributed by atoms with Gasteiger partial charge in [-0.2, -0.15) is 5.10 Å². The van der Waals surface area contributed by atoms with E-state index in [4.69, 9.17) is 9.47 Å². The number of nitrogens with zero attached hydrogens (tertiary/aromatic N) is 3. The van der Waals surface area contributed by atoms with Gasteiger partial charge in [0.2, 0.25) is 0 Å². The summed E-state index contributed by atoms with van der Waals surface area (Å²) in [6.45, 7) is 3.97. The molecule has 1 aromatic heterocycles. The molecule has 0 aliphatic carbocycles. The van der Waals surface area contributed by atoms with Crippen molar-refractivity contribution in [3.8, 4) is 5.88 Å². The normalized spacial score (nSPS) is 24.4. The Morgan fingerprint density at radius 1 is 1.52 bits per heavy atom. The minimum absolute atomic E-state index is 0.0521. The van der Waals surface area contributed by atoms with E-state index in [0.29, 0.717) is 12.3 Å². The van der Waals surface area contributed by atoms with Crippen LogP contribution >= 0.6 is 0 Å². The van der Waals surface area contributed by atoms with Crippen molar-refractivity contribution >= 4 is 5.69 Å². The smallest absolute Gasteiger partial charge is 0.353 e. The van der Waals surface area contributed by atoms with Crippen LogP contribution in [-0.4, -0.2) is 46.1 Å². The maximum absolute atomic E-state index is 11.2. The summed E-state index contributed by atoms with van der Waals surface area (Å²) in [5.74, 6) is 0.220. The van der Waals surface area contributed by atoms with Crippen molar-refractivity contribution in [3.05, 3.63) is 15.8 Å². The largest absolute Gasteiger partial charge is 0.467 e. The number of aryl methyl sites for hydroxylation is 2. The first kappa shape index (κ1) is 14.3. The van der Waals surface area contributed by atoms with Crippen LogP contribution in [0.2, 0.25) is 0 Å². The summed E-state index contributed by atoms with van der Waals surface area (Å²) in [6.07, 6.45) is 2.53. The maximum atomic E-state index is 11.2. The topological polar surface area (TPSA) is 91.5 Å². The van der Waals surface area contributed by atoms with Crippen LogP contribution in [0.15, 0.2) is 0 Å². The minimum Gasteiger partial charge on any atom is -0.467 e. The molecule has 1 N–H and O–H groups in total. The molecule has 1 atom stereocenters. The molecule has 0 amide bonds. The fourth-order valence-corrected chi connectivity index (χ4v) is 3.23. The average Bonchev–Trinajstić information content (AvgIpc) is 2.93. The number of nitro groups is 1. The molecule has 2 aliphatic heterocycles. The number of aromatic nitrogens is 2. The number of ether oxygens (including phenoxy) is 2. The van der Waals surface area contributed by atoms with Crippen LogP contribution in [0.4, 0.5) is 5.69 Å². The van der Waals surface area contributed by atoms with Crippen LogP contribution in [0.1, 0.15) is 25.0 Å². The molecule has 2 aliphatic rings. The molecule has 3 heterocycles. The third-order valence-electron chi connectivity index (χ3n) is 4.29. The molecule has 2 saturated heterocycles. The number of nitrogens with one attached hydrogen (secondary N) is 1. The fraction of sp³-hybridized carbons (Fsp3) is 0.769. The standard InChI is InChI=1S/C13H20N4O4/c1-9-11(17(18)19)12(16(2)15-9)21-10-7-13(20-8-10)3-5-14-6-4-13/h10,14H,3-8H2,1-2H3. The van der Waals surface area contributed by atoms with Crippen molar-refractivity contribution in [1.29, 1.82) is 0 Å². The Labute approximate surface area is 122 Å². The zero-order valence-electron chi connectivity index (χ0n) is 12.3. The van der Waals surface area contributed by atoms with Crippen LogP contribution in [0, 0.1) is 17.0 Å². The molecular formula is C13H20N4O4. The van der Waals surface area contributed by atoms with Crippen molar-refractivity contribution < 1.29 is 14.4 Å². The minimum atomic E-state index is -0.437. The van der Waals surface area contributed by atoms with Crippen LogP contribution in [0.25, 0.3) is 0 Å². The van der Waals surface area contributed by atoms with E-state index >= 15 is 0 Å². The highest BCUT2D eigenvalue weighted by molar-refractivity contribution is 5.45. The van der Waals surface area contributed by atoms with Gasteiger partial charge in [0.15, 0.2) is 0 Å². The summed E-state index contributed by atoms with van der Waals surface area (Å²) < 4.78 is 13.2. The van der Waals surface area contributed by atoms with E-state index in [0.717, 1.165) is 32.4 Å². The SMILES string of the molecule is Cc1nn(C)c(OC2COC3(CCNCC3)C2)c1[N+](=O)[O-]. The zero-order chi connectivity index (χ0) is 15.0. The second-order valence-electron chi connectivity index (χ2n) is 5.81. The lowest BCUT2D eigenvalue weighted by Crippen LogP contribution is -2.41. The lowest BCUT2D eigenvalue weighted by Gasteiger charge is -2.32. The first-order valence-electron chi connectivity index (χ1n) is 7.20. The molecule has 1 spiro atoms. The summed E-state index contributed by atoms with van der Waals surface area (Å²) in [4.78, 5) is 10.7. The molecule has 116 valence electrons. The number of hydrogen-bond acceptors (Lipinski definition) is 6. The Kier molecular flexibility index (Phi) is 3.58. The first-order chi connectivity index (χ1) is 10.0. The molecule has 21 heavy (non-hydrogen) atoms. The highest BCUT2D eigenvalue weighted by atomic mass is 16.6. The molecule has 3 rings (SSSR count). The number of hydrogen-bond donors (Lipinski definition) is 1. The molecule has 8 heteroatoms. The first-order valence-corrected chi connectivity index (χ1v) is 7.20. The van der Waals surface area contributed by atoms with E-state index in [9.17, 15) is 10.1 Å². The van der Waals surface area contributed by atoms with Gasteiger partial charge in [-0.05, 0) is 32.9 Å². The highest BCUT2D eigenvalue weighted by Gasteiger charge is 2.43. The van der Waals surface area contributed by atoms with Gasteiger partial charge < -0.3 is 14.8 Å². The third kappa shape index (κ3) is 2.60. The van der Waals surface area contributed by atoms with E-state index < -0.39 is 4.92 Å². The quantitative estimate of drug-likeness (QED) is 0.659. The van der Waals surface area contributed by atoms with Crippen LogP contribution in [0.5, 0.6) is 5.88 Å². The molecule has 1 aromatic rings. The summed E-state index contributed by atoms with van der Waals surface area (Å²) in [6, 6.07) is 0. The predicted molar refractivity (Wildman–Crippen MR) is 74.4 cm³/mol. The highest BCUT2D eigenvalue weighted by Crippen LogP contribution is 2.38. The van der Waals surface area contributed by atoms with Gasteiger partial charge in [0.1, 0.15) is 11.8 Å². The van der Waals surface area contributed by atoms with Gasteiger partial charge in [-0.3, -0.25) is 10.1 Å². The molecule has 0 bridgehead atoms. The zero-order valence-corrected chi connectivity index (χ0v) is 12.3. The molecular weight excluding hydrogens is 276 g/mol. The summed E-state index contributed by atoms with van der Waals surface area (Å²) in [5.41, 5.74) is 0.190. The van der Waals surface area contributed by atoms with Crippen molar-refractivity contribution in [3.63, 3.8) is 0 Å². The van der Waals surface area contributed by atoms with Crippen molar-refractivity contribution in [2.75, 3.05) is 19.7 Å². The van der Waals surface area contributed by atoms with Crippen LogP contribution < -0.4 is 10.1 Å². The van der Waals surface area contributed by atoms with Crippen LogP contribution in [-0.2, 0) is 11.8 Å². The Morgan fingerprint density at radius 2 is 2.24 bits per heavy atom. The van der Waals surface area contributed by atoms with E-state index in [1.54, 1.807) is 14.0 Å². The molecule has 0 radical (unpaired) electrons. The monoisotopic (exact) mass is 296 g/mol. The van der Waals surface area contributed by atoms with Crippen LogP contribution in [0.3, 0.4) is 0 Å². The number of rotatable bonds is 3. The Hall–Kier alpha value is -1.67. The number of piperidine rings is 1. The van der Waals surface area contributed by atoms with E-state index in [1.165, 1.54) is 4.68 Å².